The first-order chi connectivity index (χ1) is 7.60. The molecule has 0 unspecified atom stereocenters. The van der Waals surface area contributed by atoms with Gasteiger partial charge in [0.15, 0.2) is 11.6 Å². The van der Waals surface area contributed by atoms with E-state index in [0.717, 1.165) is 12.2 Å². The third-order valence-electron chi connectivity index (χ3n) is 1.88. The number of methoxy groups -OCH3 is 1. The number of aliphatic carboxylic acids is 1. The number of hydrogen-bond acceptors (Lipinski definition) is 3. The molecule has 1 aromatic rings. The van der Waals surface area contributed by atoms with Gasteiger partial charge in [0.05, 0.1) is 18.7 Å². The van der Waals surface area contributed by atoms with Crippen molar-refractivity contribution in [1.82, 2.24) is 0 Å². The Labute approximate surface area is 91.2 Å². The number of carboxylic acid groups (broad SMARTS) is 1. The summed E-state index contributed by atoms with van der Waals surface area (Å²) in [6.45, 7) is 0. The van der Waals surface area contributed by atoms with Gasteiger partial charge < -0.3 is 9.84 Å². The predicted molar refractivity (Wildman–Crippen MR) is 54.3 cm³/mol. The van der Waals surface area contributed by atoms with Crippen LogP contribution in [-0.4, -0.2) is 18.2 Å². The summed E-state index contributed by atoms with van der Waals surface area (Å²) in [4.78, 5) is 10.3. The number of benzene rings is 1. The van der Waals surface area contributed by atoms with Gasteiger partial charge in [0.25, 0.3) is 0 Å². The van der Waals surface area contributed by atoms with Crippen LogP contribution < -0.4 is 4.74 Å². The van der Waals surface area contributed by atoms with Crippen LogP contribution in [0.3, 0.4) is 0 Å². The van der Waals surface area contributed by atoms with Gasteiger partial charge in [0.2, 0.25) is 0 Å². The first-order valence-corrected chi connectivity index (χ1v) is 4.27. The van der Waals surface area contributed by atoms with E-state index in [9.17, 15) is 9.18 Å². The standard InChI is InChI=1S/C11H8FNO3/c1-16-9-4-2-7(6-13)8(11(9)12)3-5-10(14)15/h2-5H,1H3,(H,14,15)/b5-3+. The number of carbonyl (C=O) groups is 1. The number of nitriles is 1. The topological polar surface area (TPSA) is 70.3 Å². The molecule has 0 saturated carbocycles. The summed E-state index contributed by atoms with van der Waals surface area (Å²) in [7, 11) is 1.29. The smallest absolute Gasteiger partial charge is 0.328 e. The number of ether oxygens (including phenoxy) is 1. The highest BCUT2D eigenvalue weighted by atomic mass is 19.1. The fourth-order valence-electron chi connectivity index (χ4n) is 1.15. The van der Waals surface area contributed by atoms with Crippen molar-refractivity contribution in [2.75, 3.05) is 7.11 Å². The van der Waals surface area contributed by atoms with Crippen molar-refractivity contribution >= 4 is 12.0 Å². The zero-order valence-corrected chi connectivity index (χ0v) is 8.40. The molecule has 0 aliphatic rings. The number of hydrogen-bond donors (Lipinski definition) is 1. The van der Waals surface area contributed by atoms with Crippen molar-refractivity contribution in [1.29, 1.82) is 5.26 Å². The van der Waals surface area contributed by atoms with Crippen molar-refractivity contribution in [3.8, 4) is 11.8 Å². The number of rotatable bonds is 3. The zero-order chi connectivity index (χ0) is 12.1. The van der Waals surface area contributed by atoms with Crippen LogP contribution in [0.15, 0.2) is 18.2 Å². The maximum Gasteiger partial charge on any atom is 0.328 e. The Balaban J connectivity index is 3.33. The predicted octanol–water partition coefficient (Wildman–Crippen LogP) is 1.80. The minimum atomic E-state index is -1.22. The monoisotopic (exact) mass is 221 g/mol. The fourth-order valence-corrected chi connectivity index (χ4v) is 1.15. The van der Waals surface area contributed by atoms with Crippen molar-refractivity contribution in [3.63, 3.8) is 0 Å². The Hall–Kier alpha value is -2.35. The fraction of sp³-hybridized carbons (Fsp3) is 0.0909. The molecule has 1 N–H and O–H groups in total. The van der Waals surface area contributed by atoms with Crippen LogP contribution in [0.2, 0.25) is 0 Å². The van der Waals surface area contributed by atoms with E-state index in [1.807, 2.05) is 0 Å². The van der Waals surface area contributed by atoms with Crippen molar-refractivity contribution < 1.29 is 19.0 Å². The second-order valence-electron chi connectivity index (χ2n) is 2.83. The average molecular weight is 221 g/mol. The molecule has 0 bridgehead atoms. The van der Waals surface area contributed by atoms with Crippen LogP contribution in [0.4, 0.5) is 4.39 Å². The lowest BCUT2D eigenvalue weighted by atomic mass is 10.1. The van der Waals surface area contributed by atoms with E-state index >= 15 is 0 Å². The molecule has 0 heterocycles. The lowest BCUT2D eigenvalue weighted by Crippen LogP contribution is -1.95. The van der Waals surface area contributed by atoms with Gasteiger partial charge in [-0.1, -0.05) is 0 Å². The van der Waals surface area contributed by atoms with E-state index in [0.29, 0.717) is 0 Å². The molecule has 5 heteroatoms. The molecule has 16 heavy (non-hydrogen) atoms. The Morgan fingerprint density at radius 2 is 2.31 bits per heavy atom. The Morgan fingerprint density at radius 3 is 2.81 bits per heavy atom. The Morgan fingerprint density at radius 1 is 1.62 bits per heavy atom. The normalized spacial score (nSPS) is 10.1. The number of nitrogens with zero attached hydrogens (tertiary/aromatic N) is 1. The maximum atomic E-state index is 13.7. The van der Waals surface area contributed by atoms with Crippen LogP contribution in [0.25, 0.3) is 6.08 Å². The minimum absolute atomic E-state index is 0.0379. The first-order valence-electron chi connectivity index (χ1n) is 4.27. The van der Waals surface area contributed by atoms with Gasteiger partial charge in [-0.05, 0) is 18.2 Å². The molecule has 0 spiro atoms. The summed E-state index contributed by atoms with van der Waals surface area (Å²) in [5, 5.41) is 17.2. The molecule has 0 atom stereocenters. The van der Waals surface area contributed by atoms with Gasteiger partial charge in [0.1, 0.15) is 0 Å². The van der Waals surface area contributed by atoms with Crippen LogP contribution >= 0.6 is 0 Å². The molecule has 4 nitrogen and oxygen atoms in total. The second kappa shape index (κ2) is 4.94. The van der Waals surface area contributed by atoms with Gasteiger partial charge in [-0.15, -0.1) is 0 Å². The lowest BCUT2D eigenvalue weighted by Gasteiger charge is -2.05. The van der Waals surface area contributed by atoms with Gasteiger partial charge in [-0.3, -0.25) is 0 Å². The highest BCUT2D eigenvalue weighted by molar-refractivity contribution is 5.86. The SMILES string of the molecule is COc1ccc(C#N)c(/C=C/C(=O)O)c1F. The maximum absolute atomic E-state index is 13.7. The third-order valence-corrected chi connectivity index (χ3v) is 1.88. The third kappa shape index (κ3) is 2.36. The highest BCUT2D eigenvalue weighted by Crippen LogP contribution is 2.24. The summed E-state index contributed by atoms with van der Waals surface area (Å²) in [6, 6.07) is 4.45. The van der Waals surface area contributed by atoms with Crippen molar-refractivity contribution in [3.05, 3.63) is 35.2 Å². The average Bonchev–Trinajstić information content (AvgIpc) is 2.26. The molecule has 0 fully saturated rings. The van der Waals surface area contributed by atoms with Gasteiger partial charge in [-0.2, -0.15) is 5.26 Å². The number of carboxylic acids is 1. The molecule has 0 radical (unpaired) electrons. The quantitative estimate of drug-likeness (QED) is 0.790. The minimum Gasteiger partial charge on any atom is -0.494 e. The van der Waals surface area contributed by atoms with Crippen molar-refractivity contribution in [2.45, 2.75) is 0 Å². The van der Waals surface area contributed by atoms with Crippen LogP contribution in [-0.2, 0) is 4.79 Å². The summed E-state index contributed by atoms with van der Waals surface area (Å²) in [5.41, 5.74) is -0.0416. The van der Waals surface area contributed by atoms with Crippen molar-refractivity contribution in [2.24, 2.45) is 0 Å². The van der Waals surface area contributed by atoms with Gasteiger partial charge in [-0.25, -0.2) is 9.18 Å². The molecular weight excluding hydrogens is 213 g/mol. The molecule has 0 aliphatic carbocycles. The molecule has 82 valence electrons. The lowest BCUT2D eigenvalue weighted by molar-refractivity contribution is -0.131. The summed E-state index contributed by atoms with van der Waals surface area (Å²) < 4.78 is 18.4. The Kier molecular flexibility index (Phi) is 3.62. The molecule has 0 saturated heterocycles. The van der Waals surface area contributed by atoms with E-state index in [-0.39, 0.29) is 16.9 Å². The summed E-state index contributed by atoms with van der Waals surface area (Å²) >= 11 is 0. The van der Waals surface area contributed by atoms with Crippen LogP contribution in [0.5, 0.6) is 5.75 Å². The highest BCUT2D eigenvalue weighted by Gasteiger charge is 2.11. The molecule has 1 rings (SSSR count). The first kappa shape index (κ1) is 11.7. The van der Waals surface area contributed by atoms with Crippen LogP contribution in [0, 0.1) is 17.1 Å². The zero-order valence-electron chi connectivity index (χ0n) is 8.40. The van der Waals surface area contributed by atoms with E-state index < -0.39 is 11.8 Å². The molecule has 0 aromatic heterocycles. The second-order valence-corrected chi connectivity index (χ2v) is 2.83. The van der Waals surface area contributed by atoms with E-state index in [4.69, 9.17) is 15.1 Å². The molecule has 0 aliphatic heterocycles. The van der Waals surface area contributed by atoms with E-state index in [1.165, 1.54) is 19.2 Å². The summed E-state index contributed by atoms with van der Waals surface area (Å²) in [5.74, 6) is -2.01. The Bertz CT molecular complexity index is 489. The molecular formula is C11H8FNO3. The summed E-state index contributed by atoms with van der Waals surface area (Å²) in [6.07, 6.45) is 1.79. The van der Waals surface area contributed by atoms with E-state index in [2.05, 4.69) is 0 Å². The van der Waals surface area contributed by atoms with E-state index in [1.54, 1.807) is 6.07 Å². The van der Waals surface area contributed by atoms with Gasteiger partial charge >= 0.3 is 5.97 Å². The van der Waals surface area contributed by atoms with Gasteiger partial charge in [0, 0.05) is 11.6 Å². The largest absolute Gasteiger partial charge is 0.494 e. The molecule has 1 aromatic carbocycles. The molecule has 0 amide bonds. The van der Waals surface area contributed by atoms with Crippen LogP contribution in [0.1, 0.15) is 11.1 Å². The number of halogens is 1.